The zero-order chi connectivity index (χ0) is 17.3. The smallest absolute Gasteiger partial charge is 0.339 e. The van der Waals surface area contributed by atoms with Crippen molar-refractivity contribution in [3.05, 3.63) is 64.7 Å². The van der Waals surface area contributed by atoms with Gasteiger partial charge in [-0.2, -0.15) is 0 Å². The molecule has 122 valence electrons. The zero-order valence-corrected chi connectivity index (χ0v) is 12.9. The minimum absolute atomic E-state index is 0.105. The number of hydrogen-bond donors (Lipinski definition) is 1. The number of esters is 1. The van der Waals surface area contributed by atoms with Crippen LogP contribution in [0.1, 0.15) is 31.8 Å². The van der Waals surface area contributed by atoms with E-state index >= 15 is 0 Å². The molecule has 0 bridgehead atoms. The summed E-state index contributed by atoms with van der Waals surface area (Å²) < 4.78 is 5.19. The molecule has 3 rings (SSSR count). The van der Waals surface area contributed by atoms with Crippen LogP contribution >= 0.6 is 0 Å². The normalized spacial score (nSPS) is 16.0. The van der Waals surface area contributed by atoms with Crippen LogP contribution in [0.5, 0.6) is 0 Å². The van der Waals surface area contributed by atoms with Gasteiger partial charge in [0.15, 0.2) is 6.10 Å². The molecule has 1 amide bonds. The molecule has 1 aliphatic heterocycles. The number of aromatic carboxylic acids is 1. The van der Waals surface area contributed by atoms with Crippen LogP contribution in [0.4, 0.5) is 5.69 Å². The molecule has 0 aliphatic carbocycles. The second-order valence-corrected chi connectivity index (χ2v) is 5.58. The Hall–Kier alpha value is -3.15. The first kappa shape index (κ1) is 15.7. The van der Waals surface area contributed by atoms with E-state index in [9.17, 15) is 19.5 Å². The number of hydrogen-bond acceptors (Lipinski definition) is 5. The van der Waals surface area contributed by atoms with Crippen molar-refractivity contribution >= 4 is 23.5 Å². The van der Waals surface area contributed by atoms with E-state index in [1.54, 1.807) is 18.2 Å². The predicted octanol–water partition coefficient (Wildman–Crippen LogP) is 1.08. The molecule has 0 radical (unpaired) electrons. The number of fused-ring (bicyclic) bond motifs is 1. The fourth-order valence-corrected chi connectivity index (χ4v) is 2.62. The van der Waals surface area contributed by atoms with Crippen molar-refractivity contribution in [2.45, 2.75) is 19.4 Å². The molecule has 1 heterocycles. The molecule has 0 aromatic heterocycles. The SMILES string of the molecule is Cc1ccc2c(c1)C(=O)OC(C(=O)Nc1ccccc1C(=O)[O-])C2. The second-order valence-electron chi connectivity index (χ2n) is 5.58. The summed E-state index contributed by atoms with van der Waals surface area (Å²) >= 11 is 0. The lowest BCUT2D eigenvalue weighted by Crippen LogP contribution is -2.38. The predicted molar refractivity (Wildman–Crippen MR) is 83.5 cm³/mol. The van der Waals surface area contributed by atoms with E-state index in [2.05, 4.69) is 5.32 Å². The molecule has 2 aromatic carbocycles. The number of carboxylic acids is 1. The summed E-state index contributed by atoms with van der Waals surface area (Å²) in [6.07, 6.45) is -0.775. The fraction of sp³-hybridized carbons (Fsp3) is 0.167. The number of anilines is 1. The number of benzene rings is 2. The maximum absolute atomic E-state index is 12.4. The maximum atomic E-state index is 12.4. The third kappa shape index (κ3) is 2.99. The minimum atomic E-state index is -1.40. The molecular weight excluding hydrogens is 310 g/mol. The van der Waals surface area contributed by atoms with Gasteiger partial charge in [-0.3, -0.25) is 4.79 Å². The van der Waals surface area contributed by atoms with E-state index in [0.717, 1.165) is 11.1 Å². The Morgan fingerprint density at radius 2 is 1.96 bits per heavy atom. The second kappa shape index (κ2) is 6.16. The molecule has 1 aliphatic rings. The van der Waals surface area contributed by atoms with Crippen LogP contribution in [-0.2, 0) is 16.0 Å². The van der Waals surface area contributed by atoms with Gasteiger partial charge in [0.25, 0.3) is 5.91 Å². The van der Waals surface area contributed by atoms with Gasteiger partial charge in [0.1, 0.15) is 0 Å². The van der Waals surface area contributed by atoms with E-state index in [4.69, 9.17) is 4.74 Å². The van der Waals surface area contributed by atoms with Crippen molar-refractivity contribution in [1.29, 1.82) is 0 Å². The standard InChI is InChI=1S/C18H15NO5/c1-10-6-7-11-9-15(24-18(23)13(11)8-10)16(20)19-14-5-3-2-4-12(14)17(21)22/h2-8,15H,9H2,1H3,(H,19,20)(H,21,22)/p-1. The van der Waals surface area contributed by atoms with Crippen molar-refractivity contribution in [3.63, 3.8) is 0 Å². The summed E-state index contributed by atoms with van der Waals surface area (Å²) in [5.41, 5.74) is 2.08. The molecule has 1 unspecified atom stereocenters. The molecule has 0 saturated carbocycles. The summed E-state index contributed by atoms with van der Waals surface area (Å²) in [5, 5.41) is 13.6. The Morgan fingerprint density at radius 1 is 1.21 bits per heavy atom. The van der Waals surface area contributed by atoms with Gasteiger partial charge in [0.2, 0.25) is 0 Å². The lowest BCUT2D eigenvalue weighted by molar-refractivity contribution is -0.254. The van der Waals surface area contributed by atoms with Gasteiger partial charge in [0, 0.05) is 17.7 Å². The fourth-order valence-electron chi connectivity index (χ4n) is 2.62. The van der Waals surface area contributed by atoms with E-state index in [-0.39, 0.29) is 17.7 Å². The Labute approximate surface area is 138 Å². The van der Waals surface area contributed by atoms with Gasteiger partial charge < -0.3 is 20.0 Å². The summed E-state index contributed by atoms with van der Waals surface area (Å²) in [6, 6.07) is 11.3. The molecule has 0 saturated heterocycles. The first-order valence-electron chi connectivity index (χ1n) is 7.37. The number of cyclic esters (lactones) is 1. The largest absolute Gasteiger partial charge is 0.545 e. The number of amides is 1. The number of carbonyl (C=O) groups is 3. The highest BCUT2D eigenvalue weighted by Gasteiger charge is 2.31. The molecule has 6 nitrogen and oxygen atoms in total. The number of carboxylic acid groups (broad SMARTS) is 1. The molecule has 0 fully saturated rings. The Kier molecular flexibility index (Phi) is 4.04. The third-order valence-corrected chi connectivity index (χ3v) is 3.84. The van der Waals surface area contributed by atoms with Crippen molar-refractivity contribution in [1.82, 2.24) is 0 Å². The average molecular weight is 324 g/mol. The van der Waals surface area contributed by atoms with Gasteiger partial charge in [-0.1, -0.05) is 35.9 Å². The summed E-state index contributed by atoms with van der Waals surface area (Å²) in [6.45, 7) is 1.86. The van der Waals surface area contributed by atoms with Crippen LogP contribution in [0.15, 0.2) is 42.5 Å². The summed E-state index contributed by atoms with van der Waals surface area (Å²) in [7, 11) is 0. The van der Waals surface area contributed by atoms with Crippen molar-refractivity contribution in [2.75, 3.05) is 5.32 Å². The number of aryl methyl sites for hydroxylation is 1. The van der Waals surface area contributed by atoms with E-state index in [1.807, 2.05) is 13.0 Å². The number of carbonyl (C=O) groups excluding carboxylic acids is 3. The van der Waals surface area contributed by atoms with Crippen LogP contribution in [0.25, 0.3) is 0 Å². The van der Waals surface area contributed by atoms with Crippen LogP contribution in [0.2, 0.25) is 0 Å². The minimum Gasteiger partial charge on any atom is -0.545 e. The molecule has 1 N–H and O–H groups in total. The Morgan fingerprint density at radius 3 is 2.71 bits per heavy atom. The number of ether oxygens (including phenoxy) is 1. The molecule has 0 spiro atoms. The van der Waals surface area contributed by atoms with Crippen LogP contribution in [-0.4, -0.2) is 23.9 Å². The summed E-state index contributed by atoms with van der Waals surface area (Å²) in [4.78, 5) is 35.5. The van der Waals surface area contributed by atoms with E-state index in [0.29, 0.717) is 5.56 Å². The molecule has 24 heavy (non-hydrogen) atoms. The zero-order valence-electron chi connectivity index (χ0n) is 12.9. The number of nitrogens with one attached hydrogen (secondary N) is 1. The van der Waals surface area contributed by atoms with Crippen LogP contribution in [0, 0.1) is 6.92 Å². The summed E-state index contributed by atoms with van der Waals surface area (Å²) in [5.74, 6) is -2.54. The number of rotatable bonds is 3. The van der Waals surface area contributed by atoms with Crippen LogP contribution in [0.3, 0.4) is 0 Å². The quantitative estimate of drug-likeness (QED) is 0.852. The molecule has 6 heteroatoms. The van der Waals surface area contributed by atoms with Gasteiger partial charge in [0.05, 0.1) is 11.5 Å². The molecular formula is C18H14NO5-. The highest BCUT2D eigenvalue weighted by Crippen LogP contribution is 2.23. The van der Waals surface area contributed by atoms with Crippen molar-refractivity contribution < 1.29 is 24.2 Å². The highest BCUT2D eigenvalue weighted by atomic mass is 16.5. The first-order valence-corrected chi connectivity index (χ1v) is 7.37. The van der Waals surface area contributed by atoms with Gasteiger partial charge in [-0.05, 0) is 24.6 Å². The van der Waals surface area contributed by atoms with Crippen molar-refractivity contribution in [3.8, 4) is 0 Å². The van der Waals surface area contributed by atoms with E-state index in [1.165, 1.54) is 18.2 Å². The molecule has 1 atom stereocenters. The van der Waals surface area contributed by atoms with Gasteiger partial charge in [-0.25, -0.2) is 4.79 Å². The molecule has 2 aromatic rings. The highest BCUT2D eigenvalue weighted by molar-refractivity contribution is 6.03. The Balaban J connectivity index is 1.81. The third-order valence-electron chi connectivity index (χ3n) is 3.84. The first-order chi connectivity index (χ1) is 11.5. The van der Waals surface area contributed by atoms with Crippen molar-refractivity contribution in [2.24, 2.45) is 0 Å². The topological polar surface area (TPSA) is 95.5 Å². The average Bonchev–Trinajstić information content (AvgIpc) is 2.55. The Bertz CT molecular complexity index is 843. The van der Waals surface area contributed by atoms with E-state index < -0.39 is 23.9 Å². The number of para-hydroxylation sites is 1. The van der Waals surface area contributed by atoms with Gasteiger partial charge >= 0.3 is 5.97 Å². The monoisotopic (exact) mass is 324 g/mol. The van der Waals surface area contributed by atoms with Crippen LogP contribution < -0.4 is 10.4 Å². The van der Waals surface area contributed by atoms with Gasteiger partial charge in [-0.15, -0.1) is 0 Å². The lowest BCUT2D eigenvalue weighted by atomic mass is 9.96. The lowest BCUT2D eigenvalue weighted by Gasteiger charge is -2.24. The maximum Gasteiger partial charge on any atom is 0.339 e.